The topological polar surface area (TPSA) is 103 Å². The van der Waals surface area contributed by atoms with Crippen LogP contribution < -0.4 is 10.5 Å². The molecule has 3 saturated heterocycles. The molecule has 0 saturated carbocycles. The summed E-state index contributed by atoms with van der Waals surface area (Å²) in [6.07, 6.45) is 5.01. The third kappa shape index (κ3) is 5.42. The van der Waals surface area contributed by atoms with E-state index in [0.717, 1.165) is 44.1 Å². The number of hydrogen-bond acceptors (Lipinski definition) is 8. The molecular formula is C28H30N4O4S3. The van der Waals surface area contributed by atoms with E-state index in [9.17, 15) is 23.3 Å². The normalized spacial score (nSPS) is 22.6. The van der Waals surface area contributed by atoms with Gasteiger partial charge in [0.25, 0.3) is 11.5 Å². The highest BCUT2D eigenvalue weighted by Crippen LogP contribution is 2.39. The largest absolute Gasteiger partial charge is 0.357 e. The number of aromatic nitrogens is 1. The molecular weight excluding hydrogens is 553 g/mol. The molecule has 11 heteroatoms. The summed E-state index contributed by atoms with van der Waals surface area (Å²) in [6.45, 7) is 3.23. The first kappa shape index (κ1) is 27.6. The highest BCUT2D eigenvalue weighted by Gasteiger charge is 2.42. The second kappa shape index (κ2) is 10.9. The van der Waals surface area contributed by atoms with Gasteiger partial charge in [-0.1, -0.05) is 54.3 Å². The number of nitrogens with zero attached hydrogens (tertiary/aromatic N) is 4. The average Bonchev–Trinajstić information content (AvgIpc) is 3.40. The van der Waals surface area contributed by atoms with E-state index in [2.05, 4.69) is 29.2 Å². The summed E-state index contributed by atoms with van der Waals surface area (Å²) in [7, 11) is -1.52. The Labute approximate surface area is 238 Å². The van der Waals surface area contributed by atoms with E-state index in [1.807, 2.05) is 12.1 Å². The Morgan fingerprint density at radius 1 is 1.15 bits per heavy atom. The number of sulfone groups is 1. The molecule has 0 bridgehead atoms. The molecule has 1 atom stereocenters. The number of piperidine rings is 1. The Kier molecular flexibility index (Phi) is 7.73. The van der Waals surface area contributed by atoms with Crippen molar-refractivity contribution in [1.29, 1.82) is 5.26 Å². The molecule has 5 rings (SSSR count). The van der Waals surface area contributed by atoms with Crippen molar-refractivity contribution in [3.05, 3.63) is 67.8 Å². The van der Waals surface area contributed by atoms with Crippen LogP contribution in [0.25, 0.3) is 6.08 Å². The van der Waals surface area contributed by atoms with Gasteiger partial charge in [-0.15, -0.1) is 0 Å². The molecule has 0 radical (unpaired) electrons. The van der Waals surface area contributed by atoms with E-state index in [1.165, 1.54) is 15.0 Å². The summed E-state index contributed by atoms with van der Waals surface area (Å²) < 4.78 is 25.9. The fourth-order valence-corrected chi connectivity index (χ4v) is 8.88. The van der Waals surface area contributed by atoms with Gasteiger partial charge in [0.05, 0.1) is 22.5 Å². The SMILES string of the molecule is Cc1c(/C=C2/SC(=S)N(C3CCS(=O)(=O)C3)C2=O)c(N2CCC(Cc3ccccc3)CC2)n(C)c(=O)c1C#N. The minimum atomic E-state index is -3.19. The predicted molar refractivity (Wildman–Crippen MR) is 158 cm³/mol. The number of anilines is 1. The van der Waals surface area contributed by atoms with Crippen LogP contribution in [-0.2, 0) is 28.1 Å². The maximum absolute atomic E-state index is 13.4. The lowest BCUT2D eigenvalue weighted by Gasteiger charge is -2.36. The zero-order valence-corrected chi connectivity index (χ0v) is 24.4. The Morgan fingerprint density at radius 2 is 1.85 bits per heavy atom. The third-order valence-electron chi connectivity index (χ3n) is 7.92. The molecule has 1 unspecified atom stereocenters. The van der Waals surface area contributed by atoms with Crippen LogP contribution in [0.2, 0.25) is 0 Å². The molecule has 3 aliphatic rings. The molecule has 1 amide bonds. The lowest BCUT2D eigenvalue weighted by atomic mass is 9.90. The van der Waals surface area contributed by atoms with Crippen LogP contribution in [0.5, 0.6) is 0 Å². The zero-order chi connectivity index (χ0) is 27.9. The number of thiocarbonyl (C=S) groups is 1. The number of carbonyl (C=O) groups excluding carboxylic acids is 1. The zero-order valence-electron chi connectivity index (χ0n) is 21.9. The Balaban J connectivity index is 1.47. The van der Waals surface area contributed by atoms with Crippen LogP contribution in [0.3, 0.4) is 0 Å². The minimum absolute atomic E-state index is 0.0452. The summed E-state index contributed by atoms with van der Waals surface area (Å²) in [5.41, 5.74) is 2.17. The number of benzene rings is 1. The van der Waals surface area contributed by atoms with E-state index < -0.39 is 15.9 Å². The Morgan fingerprint density at radius 3 is 2.46 bits per heavy atom. The Hall–Kier alpha value is -2.94. The molecule has 0 spiro atoms. The van der Waals surface area contributed by atoms with Gasteiger partial charge in [-0.25, -0.2) is 8.42 Å². The fraction of sp³-hybridized carbons (Fsp3) is 0.429. The lowest BCUT2D eigenvalue weighted by molar-refractivity contribution is -0.123. The molecule has 8 nitrogen and oxygen atoms in total. The van der Waals surface area contributed by atoms with Crippen molar-refractivity contribution in [3.63, 3.8) is 0 Å². The first-order valence-corrected chi connectivity index (χ1v) is 16.0. The fourth-order valence-electron chi connectivity index (χ4n) is 5.80. The number of nitriles is 1. The number of hydrogen-bond donors (Lipinski definition) is 0. The van der Waals surface area contributed by atoms with Crippen molar-refractivity contribution >= 4 is 55.9 Å². The molecule has 1 aromatic carbocycles. The molecule has 204 valence electrons. The van der Waals surface area contributed by atoms with E-state index in [1.54, 1.807) is 20.0 Å². The van der Waals surface area contributed by atoms with Crippen LogP contribution in [0.1, 0.15) is 41.5 Å². The summed E-state index contributed by atoms with van der Waals surface area (Å²) in [5.74, 6) is 0.842. The van der Waals surface area contributed by atoms with Crippen molar-refractivity contribution in [2.24, 2.45) is 13.0 Å². The molecule has 4 heterocycles. The van der Waals surface area contributed by atoms with Gasteiger partial charge in [0.1, 0.15) is 21.8 Å². The Bertz CT molecular complexity index is 1570. The van der Waals surface area contributed by atoms with E-state index in [-0.39, 0.29) is 28.5 Å². The van der Waals surface area contributed by atoms with Gasteiger partial charge >= 0.3 is 0 Å². The maximum Gasteiger partial charge on any atom is 0.270 e. The van der Waals surface area contributed by atoms with Crippen molar-refractivity contribution in [3.8, 4) is 6.07 Å². The standard InChI is InChI=1S/C28H30N4O4S3/c1-18-22(15-24-27(34)32(28(37)38-24)21-10-13-39(35,36)17-21)25(30(2)26(33)23(18)16-29)31-11-8-20(9-12-31)14-19-6-4-3-5-7-19/h3-7,15,20-21H,8-14,17H2,1-2H3/b24-15+. The molecule has 2 aromatic rings. The number of amides is 1. The maximum atomic E-state index is 13.4. The van der Waals surface area contributed by atoms with Crippen molar-refractivity contribution in [1.82, 2.24) is 9.47 Å². The highest BCUT2D eigenvalue weighted by atomic mass is 32.2. The van der Waals surface area contributed by atoms with E-state index >= 15 is 0 Å². The van der Waals surface area contributed by atoms with Crippen LogP contribution in [-0.4, -0.2) is 58.7 Å². The quantitative estimate of drug-likeness (QED) is 0.390. The van der Waals surface area contributed by atoms with Crippen molar-refractivity contribution < 1.29 is 13.2 Å². The summed E-state index contributed by atoms with van der Waals surface area (Å²) in [6, 6.07) is 12.0. The summed E-state index contributed by atoms with van der Waals surface area (Å²) in [5, 5.41) is 9.76. The first-order chi connectivity index (χ1) is 18.6. The first-order valence-electron chi connectivity index (χ1n) is 13.0. The number of carbonyl (C=O) groups is 1. The highest BCUT2D eigenvalue weighted by molar-refractivity contribution is 8.26. The van der Waals surface area contributed by atoms with E-state index in [4.69, 9.17) is 12.2 Å². The van der Waals surface area contributed by atoms with E-state index in [0.29, 0.717) is 38.5 Å². The minimum Gasteiger partial charge on any atom is -0.357 e. The van der Waals surface area contributed by atoms with Crippen LogP contribution in [0.4, 0.5) is 5.82 Å². The monoisotopic (exact) mass is 582 g/mol. The van der Waals surface area contributed by atoms with Crippen LogP contribution >= 0.6 is 24.0 Å². The molecule has 0 aliphatic carbocycles. The predicted octanol–water partition coefficient (Wildman–Crippen LogP) is 3.41. The third-order valence-corrected chi connectivity index (χ3v) is 11.0. The number of rotatable bonds is 5. The van der Waals surface area contributed by atoms with Crippen LogP contribution in [0, 0.1) is 24.2 Å². The number of pyridine rings is 1. The molecule has 3 aliphatic heterocycles. The molecule has 39 heavy (non-hydrogen) atoms. The van der Waals surface area contributed by atoms with Crippen molar-refractivity contribution in [2.45, 2.75) is 38.6 Å². The van der Waals surface area contributed by atoms with Gasteiger partial charge in [0, 0.05) is 25.7 Å². The second-order valence-corrected chi connectivity index (χ2v) is 14.3. The van der Waals surface area contributed by atoms with Gasteiger partial charge in [-0.2, -0.15) is 5.26 Å². The van der Waals surface area contributed by atoms with Crippen molar-refractivity contribution in [2.75, 3.05) is 29.5 Å². The smallest absolute Gasteiger partial charge is 0.270 e. The lowest BCUT2D eigenvalue weighted by Crippen LogP contribution is -2.39. The van der Waals surface area contributed by atoms with Gasteiger partial charge in [0.15, 0.2) is 9.84 Å². The van der Waals surface area contributed by atoms with Gasteiger partial charge in [-0.05, 0) is 55.7 Å². The number of thioether (sulfide) groups is 1. The van der Waals surface area contributed by atoms with Crippen LogP contribution in [0.15, 0.2) is 40.0 Å². The summed E-state index contributed by atoms with van der Waals surface area (Å²) >= 11 is 6.63. The molecule has 0 N–H and O–H groups in total. The second-order valence-electron chi connectivity index (χ2n) is 10.4. The van der Waals surface area contributed by atoms with Gasteiger partial charge in [0.2, 0.25) is 0 Å². The van der Waals surface area contributed by atoms with Gasteiger partial charge < -0.3 is 4.90 Å². The molecule has 1 aromatic heterocycles. The van der Waals surface area contributed by atoms with Gasteiger partial charge in [-0.3, -0.25) is 19.1 Å². The average molecular weight is 583 g/mol. The summed E-state index contributed by atoms with van der Waals surface area (Å²) in [4.78, 5) is 30.5. The molecule has 3 fully saturated rings.